The summed E-state index contributed by atoms with van der Waals surface area (Å²) >= 11 is 1.49. The van der Waals surface area contributed by atoms with Crippen LogP contribution in [0, 0.1) is 25.2 Å². The highest BCUT2D eigenvalue weighted by Crippen LogP contribution is 2.45. The lowest BCUT2D eigenvalue weighted by Gasteiger charge is -2.36. The molecule has 0 fully saturated rings. The minimum atomic E-state index is -0.476. The van der Waals surface area contributed by atoms with Crippen molar-refractivity contribution in [3.05, 3.63) is 39.2 Å². The largest absolute Gasteiger partial charge is 0.466 e. The van der Waals surface area contributed by atoms with Crippen LogP contribution in [0.1, 0.15) is 76.3 Å². The first-order valence-corrected chi connectivity index (χ1v) is 10.3. The second kappa shape index (κ2) is 7.15. The molecule has 27 heavy (non-hydrogen) atoms. The molecule has 5 nitrogen and oxygen atoms in total. The van der Waals surface area contributed by atoms with E-state index >= 15 is 0 Å². The summed E-state index contributed by atoms with van der Waals surface area (Å²) in [6, 6.07) is 1.71. The Balaban J connectivity index is 1.92. The number of amides is 2. The molecule has 3 rings (SSSR count). The van der Waals surface area contributed by atoms with Crippen LogP contribution in [0.25, 0.3) is 0 Å². The molecule has 0 spiro atoms. The quantitative estimate of drug-likeness (QED) is 0.768. The summed E-state index contributed by atoms with van der Waals surface area (Å²) in [4.78, 5) is 26.0. The van der Waals surface area contributed by atoms with Gasteiger partial charge in [-0.25, -0.2) is 0 Å². The number of thiophene rings is 1. The van der Waals surface area contributed by atoms with E-state index in [1.807, 2.05) is 0 Å². The molecule has 0 radical (unpaired) electrons. The number of aryl methyl sites for hydroxylation is 2. The van der Waals surface area contributed by atoms with Crippen molar-refractivity contribution in [3.63, 3.8) is 0 Å². The van der Waals surface area contributed by atoms with Crippen LogP contribution in [-0.4, -0.2) is 11.8 Å². The minimum Gasteiger partial charge on any atom is -0.466 e. The number of hydrogen-bond acceptors (Lipinski definition) is 4. The molecule has 2 heterocycles. The lowest BCUT2D eigenvalue weighted by molar-refractivity contribution is 0.0999. The number of hydrogen-bond donors (Lipinski definition) is 2. The van der Waals surface area contributed by atoms with Gasteiger partial charge in [0.2, 0.25) is 0 Å². The van der Waals surface area contributed by atoms with E-state index in [-0.39, 0.29) is 11.3 Å². The molecule has 2 aromatic heterocycles. The molecule has 0 unspecified atom stereocenters. The molecular weight excluding hydrogens is 360 g/mol. The lowest BCUT2D eigenvalue weighted by atomic mass is 9.69. The van der Waals surface area contributed by atoms with Gasteiger partial charge in [0.1, 0.15) is 16.5 Å². The summed E-state index contributed by atoms with van der Waals surface area (Å²) in [6.07, 6.45) is 3.92. The van der Waals surface area contributed by atoms with E-state index in [1.165, 1.54) is 16.2 Å². The summed E-state index contributed by atoms with van der Waals surface area (Å²) < 4.78 is 5.45. The number of furan rings is 1. The molecular formula is C21H28N2O3S. The van der Waals surface area contributed by atoms with Crippen LogP contribution in [0.3, 0.4) is 0 Å². The Morgan fingerprint density at radius 2 is 2.07 bits per heavy atom. The average molecular weight is 389 g/mol. The van der Waals surface area contributed by atoms with Gasteiger partial charge in [-0.2, -0.15) is 0 Å². The molecule has 0 saturated carbocycles. The number of primary amides is 1. The third-order valence-electron chi connectivity index (χ3n) is 6.04. The van der Waals surface area contributed by atoms with E-state index in [0.29, 0.717) is 33.6 Å². The number of carbonyl (C=O) groups excluding carboxylic acids is 2. The molecule has 1 atom stereocenters. The van der Waals surface area contributed by atoms with Gasteiger partial charge in [-0.15, -0.1) is 11.3 Å². The fraction of sp³-hybridized carbons (Fsp3) is 0.524. The second-order valence-corrected chi connectivity index (χ2v) is 9.24. The third-order valence-corrected chi connectivity index (χ3v) is 7.21. The van der Waals surface area contributed by atoms with Crippen molar-refractivity contribution in [2.24, 2.45) is 17.1 Å². The molecule has 0 bridgehead atoms. The standard InChI is InChI=1S/C21H28N2O3S/c1-6-21(4,5)13-7-8-14-16(10-13)27-20(17(14)18(22)24)23-19(25)15-9-11(2)26-12(15)3/h9,13H,6-8,10H2,1-5H3,(H2,22,24)(H,23,25)/t13-/m1/s1. The molecule has 2 amide bonds. The number of carbonyl (C=O) groups is 2. The SMILES string of the molecule is CCC(C)(C)[C@@H]1CCc2c(sc(NC(=O)c3cc(C)oc3C)c2C(N)=O)C1. The second-order valence-electron chi connectivity index (χ2n) is 8.14. The van der Waals surface area contributed by atoms with Crippen LogP contribution >= 0.6 is 11.3 Å². The van der Waals surface area contributed by atoms with Gasteiger partial charge in [-0.3, -0.25) is 9.59 Å². The first kappa shape index (κ1) is 19.7. The van der Waals surface area contributed by atoms with E-state index in [4.69, 9.17) is 10.2 Å². The molecule has 1 aliphatic rings. The highest BCUT2D eigenvalue weighted by Gasteiger charge is 2.35. The number of rotatable bonds is 5. The van der Waals surface area contributed by atoms with Gasteiger partial charge < -0.3 is 15.5 Å². The van der Waals surface area contributed by atoms with Crippen LogP contribution in [-0.2, 0) is 12.8 Å². The van der Waals surface area contributed by atoms with Gasteiger partial charge >= 0.3 is 0 Å². The van der Waals surface area contributed by atoms with Crippen molar-refractivity contribution in [2.45, 2.75) is 60.3 Å². The normalized spacial score (nSPS) is 16.9. The highest BCUT2D eigenvalue weighted by atomic mass is 32.1. The van der Waals surface area contributed by atoms with E-state index in [2.05, 4.69) is 26.1 Å². The lowest BCUT2D eigenvalue weighted by Crippen LogP contribution is -2.29. The summed E-state index contributed by atoms with van der Waals surface area (Å²) in [5, 5.41) is 3.47. The maximum absolute atomic E-state index is 12.7. The number of nitrogens with one attached hydrogen (secondary N) is 1. The third kappa shape index (κ3) is 3.68. The maximum Gasteiger partial charge on any atom is 0.259 e. The molecule has 2 aromatic rings. The number of fused-ring (bicyclic) bond motifs is 1. The Kier molecular flexibility index (Phi) is 5.21. The van der Waals surface area contributed by atoms with Crippen molar-refractivity contribution < 1.29 is 14.0 Å². The zero-order valence-electron chi connectivity index (χ0n) is 16.7. The summed E-state index contributed by atoms with van der Waals surface area (Å²) in [7, 11) is 0. The zero-order valence-corrected chi connectivity index (χ0v) is 17.5. The zero-order chi connectivity index (χ0) is 19.9. The first-order valence-electron chi connectivity index (χ1n) is 9.46. The Morgan fingerprint density at radius 3 is 2.63 bits per heavy atom. The van der Waals surface area contributed by atoms with Gasteiger partial charge in [0.05, 0.1) is 11.1 Å². The number of anilines is 1. The fourth-order valence-corrected chi connectivity index (χ4v) is 5.24. The predicted octanol–water partition coefficient (Wildman–Crippen LogP) is 4.85. The fourth-order valence-electron chi connectivity index (χ4n) is 3.92. The molecule has 1 aliphatic carbocycles. The van der Waals surface area contributed by atoms with Gasteiger partial charge in [-0.05, 0) is 56.1 Å². The Hall–Kier alpha value is -2.08. The molecule has 0 aromatic carbocycles. The van der Waals surface area contributed by atoms with Crippen molar-refractivity contribution in [2.75, 3.05) is 5.32 Å². The van der Waals surface area contributed by atoms with Gasteiger partial charge in [-0.1, -0.05) is 27.2 Å². The van der Waals surface area contributed by atoms with Crippen molar-refractivity contribution in [3.8, 4) is 0 Å². The van der Waals surface area contributed by atoms with Crippen LogP contribution in [0.15, 0.2) is 10.5 Å². The van der Waals surface area contributed by atoms with E-state index in [1.54, 1.807) is 19.9 Å². The summed E-state index contributed by atoms with van der Waals surface area (Å²) in [5.41, 5.74) is 7.91. The molecule has 6 heteroatoms. The van der Waals surface area contributed by atoms with Crippen LogP contribution in [0.2, 0.25) is 0 Å². The van der Waals surface area contributed by atoms with Gasteiger partial charge in [0.25, 0.3) is 11.8 Å². The van der Waals surface area contributed by atoms with Gasteiger partial charge in [0.15, 0.2) is 0 Å². The first-order chi connectivity index (χ1) is 12.6. The molecule has 0 aliphatic heterocycles. The summed E-state index contributed by atoms with van der Waals surface area (Å²) in [5.74, 6) is 1.07. The van der Waals surface area contributed by atoms with Gasteiger partial charge in [0, 0.05) is 4.88 Å². The van der Waals surface area contributed by atoms with Crippen molar-refractivity contribution >= 4 is 28.2 Å². The maximum atomic E-state index is 12.7. The Bertz CT molecular complexity index is 892. The monoisotopic (exact) mass is 388 g/mol. The minimum absolute atomic E-state index is 0.253. The van der Waals surface area contributed by atoms with Crippen molar-refractivity contribution in [1.29, 1.82) is 0 Å². The highest BCUT2D eigenvalue weighted by molar-refractivity contribution is 7.17. The van der Waals surface area contributed by atoms with Crippen molar-refractivity contribution in [1.82, 2.24) is 0 Å². The smallest absolute Gasteiger partial charge is 0.259 e. The Morgan fingerprint density at radius 1 is 1.37 bits per heavy atom. The van der Waals surface area contributed by atoms with E-state index < -0.39 is 5.91 Å². The van der Waals surface area contributed by atoms with Crippen LogP contribution in [0.4, 0.5) is 5.00 Å². The molecule has 0 saturated heterocycles. The van der Waals surface area contributed by atoms with E-state index in [9.17, 15) is 9.59 Å². The van der Waals surface area contributed by atoms with E-state index in [0.717, 1.165) is 31.2 Å². The topological polar surface area (TPSA) is 85.3 Å². The molecule has 3 N–H and O–H groups in total. The van der Waals surface area contributed by atoms with Crippen LogP contribution in [0.5, 0.6) is 0 Å². The predicted molar refractivity (Wildman–Crippen MR) is 109 cm³/mol. The van der Waals surface area contributed by atoms with Crippen LogP contribution < -0.4 is 11.1 Å². The molecule has 146 valence electrons. The average Bonchev–Trinajstić information content (AvgIpc) is 3.12. The Labute approximate surface area is 164 Å². The summed E-state index contributed by atoms with van der Waals surface area (Å²) in [6.45, 7) is 10.4. The number of nitrogens with two attached hydrogens (primary N) is 1.